The Morgan fingerprint density at radius 3 is 2.95 bits per heavy atom. The predicted octanol–water partition coefficient (Wildman–Crippen LogP) is 3.24. The molecule has 1 aromatic carbocycles. The van der Waals surface area contributed by atoms with Crippen molar-refractivity contribution in [1.82, 2.24) is 0 Å². The van der Waals surface area contributed by atoms with E-state index in [9.17, 15) is 5.11 Å². The van der Waals surface area contributed by atoms with E-state index in [4.69, 9.17) is 0 Å². The SMILES string of the molecule is CC1(C)CCCC(CN2CCc3ccccc32)C1O. The summed E-state index contributed by atoms with van der Waals surface area (Å²) >= 11 is 0. The summed E-state index contributed by atoms with van der Waals surface area (Å²) in [6, 6.07) is 8.71. The number of para-hydroxylation sites is 1. The fraction of sp³-hybridized carbons (Fsp3) is 0.647. The predicted molar refractivity (Wildman–Crippen MR) is 79.5 cm³/mol. The maximum atomic E-state index is 10.6. The van der Waals surface area contributed by atoms with E-state index in [1.165, 1.54) is 24.1 Å². The van der Waals surface area contributed by atoms with Crippen LogP contribution in [0, 0.1) is 11.3 Å². The first-order valence-electron chi connectivity index (χ1n) is 7.59. The zero-order valence-corrected chi connectivity index (χ0v) is 12.1. The molecule has 0 saturated heterocycles. The van der Waals surface area contributed by atoms with Crippen LogP contribution in [0.1, 0.15) is 38.7 Å². The van der Waals surface area contributed by atoms with Crippen molar-refractivity contribution in [2.45, 2.75) is 45.6 Å². The van der Waals surface area contributed by atoms with E-state index >= 15 is 0 Å². The van der Waals surface area contributed by atoms with Crippen LogP contribution >= 0.6 is 0 Å². The van der Waals surface area contributed by atoms with Crippen molar-refractivity contribution in [3.63, 3.8) is 0 Å². The van der Waals surface area contributed by atoms with Gasteiger partial charge in [-0.2, -0.15) is 0 Å². The quantitative estimate of drug-likeness (QED) is 0.881. The molecule has 0 aromatic heterocycles. The molecule has 0 radical (unpaired) electrons. The molecule has 3 rings (SSSR count). The summed E-state index contributed by atoms with van der Waals surface area (Å²) in [5.41, 5.74) is 2.94. The number of fused-ring (bicyclic) bond motifs is 1. The van der Waals surface area contributed by atoms with E-state index in [1.807, 2.05) is 0 Å². The van der Waals surface area contributed by atoms with Crippen LogP contribution in [0.4, 0.5) is 5.69 Å². The van der Waals surface area contributed by atoms with E-state index in [1.54, 1.807) is 0 Å². The van der Waals surface area contributed by atoms with Gasteiger partial charge in [-0.05, 0) is 36.3 Å². The molecule has 0 amide bonds. The maximum absolute atomic E-state index is 10.6. The lowest BCUT2D eigenvalue weighted by Crippen LogP contribution is -2.44. The molecule has 2 unspecified atom stereocenters. The lowest BCUT2D eigenvalue weighted by atomic mass is 9.69. The Hall–Kier alpha value is -1.02. The fourth-order valence-electron chi connectivity index (χ4n) is 3.83. The van der Waals surface area contributed by atoms with Gasteiger partial charge in [0.25, 0.3) is 0 Å². The summed E-state index contributed by atoms with van der Waals surface area (Å²) in [7, 11) is 0. The average molecular weight is 259 g/mol. The molecule has 2 aliphatic rings. The first-order valence-corrected chi connectivity index (χ1v) is 7.59. The Kier molecular flexibility index (Phi) is 3.30. The summed E-state index contributed by atoms with van der Waals surface area (Å²) in [4.78, 5) is 2.48. The van der Waals surface area contributed by atoms with Gasteiger partial charge in [0.2, 0.25) is 0 Å². The number of aliphatic hydroxyl groups is 1. The van der Waals surface area contributed by atoms with Crippen LogP contribution in [0.15, 0.2) is 24.3 Å². The second-order valence-electron chi connectivity index (χ2n) is 6.91. The van der Waals surface area contributed by atoms with Crippen LogP contribution in [0.3, 0.4) is 0 Å². The maximum Gasteiger partial charge on any atom is 0.0636 e. The Labute approximate surface area is 116 Å². The third-order valence-electron chi connectivity index (χ3n) is 5.08. The minimum atomic E-state index is -0.158. The number of aliphatic hydroxyl groups excluding tert-OH is 1. The third-order valence-corrected chi connectivity index (χ3v) is 5.08. The Balaban J connectivity index is 1.73. The zero-order chi connectivity index (χ0) is 13.5. The summed E-state index contributed by atoms with van der Waals surface area (Å²) in [5.74, 6) is 0.426. The van der Waals surface area contributed by atoms with Gasteiger partial charge >= 0.3 is 0 Å². The molecule has 2 nitrogen and oxygen atoms in total. The first kappa shape index (κ1) is 13.0. The highest BCUT2D eigenvalue weighted by Crippen LogP contribution is 2.40. The molecule has 2 atom stereocenters. The molecule has 19 heavy (non-hydrogen) atoms. The van der Waals surface area contributed by atoms with Crippen molar-refractivity contribution in [2.24, 2.45) is 11.3 Å². The van der Waals surface area contributed by atoms with Crippen molar-refractivity contribution >= 4 is 5.69 Å². The van der Waals surface area contributed by atoms with E-state index in [0.29, 0.717) is 5.92 Å². The van der Waals surface area contributed by atoms with Gasteiger partial charge in [0.05, 0.1) is 6.10 Å². The van der Waals surface area contributed by atoms with E-state index < -0.39 is 0 Å². The second kappa shape index (κ2) is 4.82. The van der Waals surface area contributed by atoms with Crippen molar-refractivity contribution in [3.05, 3.63) is 29.8 Å². The van der Waals surface area contributed by atoms with Gasteiger partial charge in [-0.1, -0.05) is 38.5 Å². The lowest BCUT2D eigenvalue weighted by Gasteiger charge is -2.42. The summed E-state index contributed by atoms with van der Waals surface area (Å²) in [6.07, 6.45) is 4.57. The highest BCUT2D eigenvalue weighted by Gasteiger charge is 2.38. The van der Waals surface area contributed by atoms with Gasteiger partial charge in [-0.3, -0.25) is 0 Å². The number of hydrogen-bond acceptors (Lipinski definition) is 2. The molecule has 1 heterocycles. The van der Waals surface area contributed by atoms with Crippen LogP contribution in [0.2, 0.25) is 0 Å². The first-order chi connectivity index (χ1) is 9.08. The van der Waals surface area contributed by atoms with Crippen molar-refractivity contribution in [2.75, 3.05) is 18.0 Å². The molecule has 1 N–H and O–H groups in total. The molecule has 104 valence electrons. The third kappa shape index (κ3) is 2.38. The fourth-order valence-corrected chi connectivity index (χ4v) is 3.83. The number of nitrogens with zero attached hydrogens (tertiary/aromatic N) is 1. The molecule has 1 aliphatic carbocycles. The van der Waals surface area contributed by atoms with Crippen LogP contribution in [0.25, 0.3) is 0 Å². The minimum Gasteiger partial charge on any atom is -0.392 e. The molecular weight excluding hydrogens is 234 g/mol. The minimum absolute atomic E-state index is 0.0855. The van der Waals surface area contributed by atoms with Crippen molar-refractivity contribution < 1.29 is 5.11 Å². The Bertz CT molecular complexity index is 454. The Morgan fingerprint density at radius 2 is 2.11 bits per heavy atom. The molecule has 0 spiro atoms. The van der Waals surface area contributed by atoms with Crippen molar-refractivity contribution in [1.29, 1.82) is 0 Å². The van der Waals surface area contributed by atoms with E-state index in [0.717, 1.165) is 25.9 Å². The molecule has 1 fully saturated rings. The smallest absolute Gasteiger partial charge is 0.0636 e. The van der Waals surface area contributed by atoms with Gasteiger partial charge in [0, 0.05) is 24.7 Å². The van der Waals surface area contributed by atoms with Gasteiger partial charge < -0.3 is 10.0 Å². The lowest BCUT2D eigenvalue weighted by molar-refractivity contribution is -0.0291. The summed E-state index contributed by atoms with van der Waals surface area (Å²) in [5, 5.41) is 10.6. The molecule has 1 aliphatic heterocycles. The molecule has 1 saturated carbocycles. The highest BCUT2D eigenvalue weighted by atomic mass is 16.3. The number of benzene rings is 1. The zero-order valence-electron chi connectivity index (χ0n) is 12.1. The normalized spacial score (nSPS) is 29.3. The summed E-state index contributed by atoms with van der Waals surface area (Å²) < 4.78 is 0. The van der Waals surface area contributed by atoms with Gasteiger partial charge in [-0.25, -0.2) is 0 Å². The number of rotatable bonds is 2. The largest absolute Gasteiger partial charge is 0.392 e. The number of anilines is 1. The molecule has 0 bridgehead atoms. The van der Waals surface area contributed by atoms with Gasteiger partial charge in [0.15, 0.2) is 0 Å². The van der Waals surface area contributed by atoms with Crippen LogP contribution in [0.5, 0.6) is 0 Å². The number of hydrogen-bond donors (Lipinski definition) is 1. The van der Waals surface area contributed by atoms with Crippen LogP contribution < -0.4 is 4.90 Å². The second-order valence-corrected chi connectivity index (χ2v) is 6.91. The van der Waals surface area contributed by atoms with E-state index in [-0.39, 0.29) is 11.5 Å². The molecule has 1 aromatic rings. The molecular formula is C17H25NO. The summed E-state index contributed by atoms with van der Waals surface area (Å²) in [6.45, 7) is 6.55. The average Bonchev–Trinajstić information content (AvgIpc) is 2.79. The molecule has 2 heteroatoms. The standard InChI is InChI=1S/C17H25NO/c1-17(2)10-5-7-14(16(17)19)12-18-11-9-13-6-3-4-8-15(13)18/h3-4,6,8,14,16,19H,5,7,9-12H2,1-2H3. The highest BCUT2D eigenvalue weighted by molar-refractivity contribution is 5.57. The van der Waals surface area contributed by atoms with Crippen molar-refractivity contribution in [3.8, 4) is 0 Å². The van der Waals surface area contributed by atoms with Gasteiger partial charge in [0.1, 0.15) is 0 Å². The van der Waals surface area contributed by atoms with Crippen LogP contribution in [-0.2, 0) is 6.42 Å². The monoisotopic (exact) mass is 259 g/mol. The van der Waals surface area contributed by atoms with E-state index in [2.05, 4.69) is 43.0 Å². The topological polar surface area (TPSA) is 23.5 Å². The Morgan fingerprint density at radius 1 is 1.32 bits per heavy atom. The van der Waals surface area contributed by atoms with Crippen LogP contribution in [-0.4, -0.2) is 24.3 Å². The van der Waals surface area contributed by atoms with Gasteiger partial charge in [-0.15, -0.1) is 0 Å².